The first kappa shape index (κ1) is 34.4. The van der Waals surface area contributed by atoms with Crippen LogP contribution in [0.3, 0.4) is 0 Å². The van der Waals surface area contributed by atoms with Gasteiger partial charge in [-0.1, -0.05) is 189 Å². The molecule has 0 aliphatic carbocycles. The molecule has 0 spiro atoms. The predicted octanol–water partition coefficient (Wildman–Crippen LogP) is 13.5. The molecule has 2 atom stereocenters. The molecule has 0 saturated heterocycles. The van der Waals surface area contributed by atoms with Gasteiger partial charge >= 0.3 is 0 Å². The van der Waals surface area contributed by atoms with Gasteiger partial charge in [0.05, 0.1) is 28.2 Å². The van der Waals surface area contributed by atoms with E-state index in [2.05, 4.69) is 216 Å². The number of aromatic nitrogens is 1. The molecule has 4 heterocycles. The quantitative estimate of drug-likeness (QED) is 0.188. The second-order valence-electron chi connectivity index (χ2n) is 15.3. The number of thioether (sulfide) groups is 1. The smallest absolute Gasteiger partial charge is 0.0742 e. The number of dihydropyridines is 1. The van der Waals surface area contributed by atoms with Gasteiger partial charge in [0.1, 0.15) is 0 Å². The minimum Gasteiger partial charge on any atom is -0.374 e. The predicted molar refractivity (Wildman–Crippen MR) is 245 cm³/mol. The van der Waals surface area contributed by atoms with E-state index >= 15 is 0 Å². The third-order valence-corrected chi connectivity index (χ3v) is 13.3. The van der Waals surface area contributed by atoms with E-state index in [4.69, 9.17) is 6.58 Å². The summed E-state index contributed by atoms with van der Waals surface area (Å²) in [7, 11) is 0. The summed E-state index contributed by atoms with van der Waals surface area (Å²) in [6.45, 7) is 4.77. The maximum atomic E-state index is 4.77. The molecule has 0 radical (unpaired) electrons. The van der Waals surface area contributed by atoms with Crippen molar-refractivity contribution < 1.29 is 0 Å². The van der Waals surface area contributed by atoms with Gasteiger partial charge in [-0.2, -0.15) is 0 Å². The van der Waals surface area contributed by atoms with Gasteiger partial charge in [-0.3, -0.25) is 0 Å². The molecule has 0 amide bonds. The van der Waals surface area contributed by atoms with E-state index in [0.29, 0.717) is 0 Å². The lowest BCUT2D eigenvalue weighted by atomic mass is 9.62. The molecule has 3 aliphatic heterocycles. The summed E-state index contributed by atoms with van der Waals surface area (Å²) >= 11 is 1.93. The zero-order chi connectivity index (χ0) is 38.6. The Balaban J connectivity index is 1.20. The summed E-state index contributed by atoms with van der Waals surface area (Å²) < 4.78 is 2.54. The van der Waals surface area contributed by atoms with Crippen molar-refractivity contribution in [1.29, 1.82) is 0 Å². The molecule has 1 aromatic heterocycles. The topological polar surface area (TPSA) is 17.0 Å². The maximum Gasteiger partial charge on any atom is 0.0742 e. The molecule has 2 unspecified atom stereocenters. The molecule has 3 aliphatic rings. The highest BCUT2D eigenvalue weighted by molar-refractivity contribution is 8.00. The normalized spacial score (nSPS) is 19.8. The number of allylic oxidation sites excluding steroid dienone is 6. The van der Waals surface area contributed by atoms with Gasteiger partial charge in [0.15, 0.2) is 0 Å². The molecule has 7 aromatic carbocycles. The van der Waals surface area contributed by atoms with Crippen molar-refractivity contribution in [2.24, 2.45) is 0 Å². The Morgan fingerprint density at radius 1 is 0.638 bits per heavy atom. The minimum atomic E-state index is -0.650. The molecule has 2 nitrogen and oxygen atoms in total. The maximum absolute atomic E-state index is 4.77. The summed E-state index contributed by atoms with van der Waals surface area (Å²) in [5.41, 5.74) is 16.3. The Morgan fingerprint density at radius 3 is 2.17 bits per heavy atom. The Kier molecular flexibility index (Phi) is 8.30. The summed E-state index contributed by atoms with van der Waals surface area (Å²) in [6.07, 6.45) is 13.3. The monoisotopic (exact) mass is 760 g/mol. The second-order valence-corrected chi connectivity index (χ2v) is 16.3. The number of para-hydroxylation sites is 2. The van der Waals surface area contributed by atoms with Crippen LogP contribution in [-0.4, -0.2) is 10.3 Å². The number of hydrogen-bond acceptors (Lipinski definition) is 2. The molecular formula is C55H40N2S. The van der Waals surface area contributed by atoms with Crippen molar-refractivity contribution in [2.45, 2.75) is 16.4 Å². The molecule has 11 rings (SSSR count). The lowest BCUT2D eigenvalue weighted by Gasteiger charge is -2.42. The van der Waals surface area contributed by atoms with Crippen LogP contribution in [-0.2, 0) is 5.41 Å². The van der Waals surface area contributed by atoms with E-state index < -0.39 is 5.41 Å². The van der Waals surface area contributed by atoms with Crippen LogP contribution < -0.4 is 5.32 Å². The molecule has 0 fully saturated rings. The molecule has 0 saturated carbocycles. The van der Waals surface area contributed by atoms with E-state index in [1.54, 1.807) is 0 Å². The highest BCUT2D eigenvalue weighted by Gasteiger charge is 2.46. The summed E-state index contributed by atoms with van der Waals surface area (Å²) in [6, 6.07) is 62.4. The number of nitrogens with one attached hydrogen (secondary N) is 1. The highest BCUT2D eigenvalue weighted by atomic mass is 32.2. The first-order valence-electron chi connectivity index (χ1n) is 20.0. The van der Waals surface area contributed by atoms with E-state index in [9.17, 15) is 0 Å². The van der Waals surface area contributed by atoms with E-state index in [1.165, 1.54) is 82.5 Å². The zero-order valence-electron chi connectivity index (χ0n) is 32.0. The SMILES string of the molecule is C=C1/C=C\C=C(\c2ccccc2)CSc2c1cc1c3c2c2ccccc2n3-c2ccccc2C1(c1ccccc1)c1cccc(C2C=CC=C(c3ccccc3)N2)c1. The third-order valence-electron chi connectivity index (χ3n) is 12.1. The molecule has 8 aromatic rings. The molecule has 58 heavy (non-hydrogen) atoms. The fraction of sp³-hybridized carbons (Fsp3) is 0.0545. The Morgan fingerprint density at radius 2 is 1.34 bits per heavy atom. The van der Waals surface area contributed by atoms with Crippen LogP contribution in [0.2, 0.25) is 0 Å². The van der Waals surface area contributed by atoms with Crippen LogP contribution in [0.4, 0.5) is 0 Å². The van der Waals surface area contributed by atoms with Gasteiger partial charge in [-0.25, -0.2) is 0 Å². The van der Waals surface area contributed by atoms with Crippen molar-refractivity contribution in [3.63, 3.8) is 0 Å². The fourth-order valence-corrected chi connectivity index (χ4v) is 10.8. The van der Waals surface area contributed by atoms with Crippen LogP contribution in [0.1, 0.15) is 50.5 Å². The van der Waals surface area contributed by atoms with Crippen molar-refractivity contribution >= 4 is 50.4 Å². The number of nitrogens with zero attached hydrogens (tertiary/aromatic N) is 1. The Hall–Kier alpha value is -6.81. The van der Waals surface area contributed by atoms with Gasteiger partial charge in [0.2, 0.25) is 0 Å². The molecular weight excluding hydrogens is 721 g/mol. The van der Waals surface area contributed by atoms with Crippen LogP contribution in [0.15, 0.2) is 218 Å². The van der Waals surface area contributed by atoms with Gasteiger partial charge < -0.3 is 9.88 Å². The van der Waals surface area contributed by atoms with Gasteiger partial charge in [-0.15, -0.1) is 11.8 Å². The first-order valence-corrected chi connectivity index (χ1v) is 21.0. The van der Waals surface area contributed by atoms with E-state index in [0.717, 1.165) is 17.0 Å². The largest absolute Gasteiger partial charge is 0.374 e. The number of benzene rings is 7. The Bertz CT molecular complexity index is 3040. The van der Waals surface area contributed by atoms with Gasteiger partial charge in [0.25, 0.3) is 0 Å². The summed E-state index contributed by atoms with van der Waals surface area (Å²) in [5.74, 6) is 0.840. The van der Waals surface area contributed by atoms with Crippen molar-refractivity contribution in [2.75, 3.05) is 5.75 Å². The summed E-state index contributed by atoms with van der Waals surface area (Å²) in [5, 5.41) is 6.41. The third kappa shape index (κ3) is 5.35. The van der Waals surface area contributed by atoms with E-state index in [1.807, 2.05) is 11.8 Å². The second kappa shape index (κ2) is 14.0. The first-order chi connectivity index (χ1) is 28.7. The minimum absolute atomic E-state index is 0.00505. The zero-order valence-corrected chi connectivity index (χ0v) is 32.8. The molecule has 0 bridgehead atoms. The van der Waals surface area contributed by atoms with Crippen molar-refractivity contribution in [3.8, 4) is 5.69 Å². The number of rotatable bonds is 5. The molecule has 3 heteroatoms. The average molecular weight is 761 g/mol. The lowest BCUT2D eigenvalue weighted by molar-refractivity contribution is 0.715. The van der Waals surface area contributed by atoms with Gasteiger partial charge in [-0.05, 0) is 79.9 Å². The van der Waals surface area contributed by atoms with Crippen LogP contribution in [0.5, 0.6) is 0 Å². The number of hydrogen-bond donors (Lipinski definition) is 1. The average Bonchev–Trinajstić information content (AvgIpc) is 3.67. The highest BCUT2D eigenvalue weighted by Crippen LogP contribution is 2.57. The Labute approximate surface area is 343 Å². The van der Waals surface area contributed by atoms with Crippen LogP contribution >= 0.6 is 11.8 Å². The van der Waals surface area contributed by atoms with Gasteiger partial charge in [0, 0.05) is 27.1 Å². The lowest BCUT2D eigenvalue weighted by Crippen LogP contribution is -2.36. The number of fused-ring (bicyclic) bond motifs is 7. The van der Waals surface area contributed by atoms with E-state index in [-0.39, 0.29) is 6.04 Å². The standard InChI is InChI=1S/C55H40N2S/c1-37-18-15-24-41(38-19-5-2-6-20-38)36-58-54-45(37)35-47-53-52(54)44-28-11-13-32-50(44)57(53)51-33-14-12-29-46(51)55(47,42-25-9-4-10-26-42)43-27-16-23-40(34-43)49-31-17-30-48(56-49)39-21-7-3-8-22-39/h2-35,49,56H,1,36H2/b18-15-,41-24+. The van der Waals surface area contributed by atoms with Crippen molar-refractivity contribution in [1.82, 2.24) is 9.88 Å². The molecule has 1 N–H and O–H groups in total. The van der Waals surface area contributed by atoms with Crippen LogP contribution in [0.25, 0.3) is 44.3 Å². The molecule has 276 valence electrons. The van der Waals surface area contributed by atoms with Crippen LogP contribution in [0, 0.1) is 0 Å². The fourth-order valence-electron chi connectivity index (χ4n) is 9.55. The summed E-state index contributed by atoms with van der Waals surface area (Å²) in [4.78, 5) is 1.28. The van der Waals surface area contributed by atoms with Crippen molar-refractivity contribution in [3.05, 3.63) is 257 Å².